The summed E-state index contributed by atoms with van der Waals surface area (Å²) < 4.78 is 5.77. The molecule has 0 bridgehead atoms. The average molecular weight is 851 g/mol. The molecule has 1 aliphatic rings. The van der Waals surface area contributed by atoms with E-state index in [1.807, 2.05) is 69.2 Å². The van der Waals surface area contributed by atoms with Gasteiger partial charge in [-0.1, -0.05) is 91.6 Å². The summed E-state index contributed by atoms with van der Waals surface area (Å²) in [6, 6.07) is -4.63. The second-order valence-electron chi connectivity index (χ2n) is 16.1. The van der Waals surface area contributed by atoms with Crippen LogP contribution in [0, 0.1) is 0 Å². The summed E-state index contributed by atoms with van der Waals surface area (Å²) in [6.45, 7) is 20.9. The number of carboxylic acid groups (broad SMARTS) is 1. The average Bonchev–Trinajstić information content (AvgIpc) is 3.38. The molecule has 7 N–H and O–H groups in total. The van der Waals surface area contributed by atoms with Crippen molar-refractivity contribution in [3.63, 3.8) is 0 Å². The lowest BCUT2D eigenvalue weighted by Gasteiger charge is -2.33. The minimum atomic E-state index is -1.35. The van der Waals surface area contributed by atoms with Crippen LogP contribution in [0.25, 0.3) is 0 Å². The first-order chi connectivity index (χ1) is 25.2. The van der Waals surface area contributed by atoms with Gasteiger partial charge >= 0.3 is 5.97 Å². The van der Waals surface area contributed by atoms with E-state index in [1.165, 1.54) is 39.3 Å². The van der Waals surface area contributed by atoms with E-state index in [0.717, 1.165) is 17.1 Å². The first-order valence-corrected chi connectivity index (χ1v) is 22.8. The van der Waals surface area contributed by atoms with Crippen LogP contribution in [-0.4, -0.2) is 121 Å². The van der Waals surface area contributed by atoms with E-state index in [-0.39, 0.29) is 40.6 Å². The molecule has 0 fully saturated rings. The molecule has 0 aromatic carbocycles. The monoisotopic (exact) mass is 850 g/mol. The van der Waals surface area contributed by atoms with Gasteiger partial charge in [0.1, 0.15) is 24.2 Å². The first-order valence-electron chi connectivity index (χ1n) is 18.2. The highest BCUT2D eigenvalue weighted by Gasteiger charge is 2.37. The Morgan fingerprint density at radius 1 is 0.782 bits per heavy atom. The highest BCUT2D eigenvalue weighted by Crippen LogP contribution is 2.36. The lowest BCUT2D eigenvalue weighted by Crippen LogP contribution is -2.60. The quantitative estimate of drug-likeness (QED) is 0.0605. The lowest BCUT2D eigenvalue weighted by molar-refractivity contribution is -0.145. The summed E-state index contributed by atoms with van der Waals surface area (Å²) in [5.74, 6) is -4.53. The normalized spacial score (nSPS) is 16.8. The van der Waals surface area contributed by atoms with Crippen molar-refractivity contribution in [3.8, 4) is 0 Å². The Morgan fingerprint density at radius 3 is 1.73 bits per heavy atom. The Morgan fingerprint density at radius 2 is 1.27 bits per heavy atom. The summed E-state index contributed by atoms with van der Waals surface area (Å²) in [6.07, 6.45) is 3.45. The Kier molecular flexibility index (Phi) is 20.7. The fourth-order valence-electron chi connectivity index (χ4n) is 4.67. The fraction of sp³-hybridized carbons (Fsp3) is 0.750. The molecule has 0 saturated carbocycles. The van der Waals surface area contributed by atoms with E-state index >= 15 is 0 Å². The standard InChI is InChI=1S/C36H62N6O9S4/c1-12-36(11,16-15-28(45)46)51-18-17-35(9,10)41-31(49)24(21-53-55-34(6,7)8)39-29(47)22(2)38-30(48)23(20-52-54-33(3,4)5)40-32(50)25(19-37)42-26(43)13-14-27(42)44/h13-14,22-25H,12,15-21,37H2,1-11H3,(H,38,48)(H,39,47)(H,40,50)(H,41,49)(H,45,46). The minimum absolute atomic E-state index is 0.0186. The SMILES string of the molecule is CCC(C)(CCC(=O)O)OCCC(C)(C)NC(=O)C(CSSC(C)(C)C)NC(=O)C(C)NC(=O)C(CSSC(C)(C)C)NC(=O)C(CN)N1C(=O)C=CC1=O. The van der Waals surface area contributed by atoms with Crippen LogP contribution in [-0.2, 0) is 38.3 Å². The molecule has 0 radical (unpaired) electrons. The van der Waals surface area contributed by atoms with Crippen molar-refractivity contribution in [1.29, 1.82) is 0 Å². The largest absolute Gasteiger partial charge is 0.481 e. The maximum absolute atomic E-state index is 13.7. The molecule has 15 nitrogen and oxygen atoms in total. The maximum Gasteiger partial charge on any atom is 0.303 e. The number of aliphatic carboxylic acids is 1. The van der Waals surface area contributed by atoms with Gasteiger partial charge in [0.15, 0.2) is 0 Å². The fourth-order valence-corrected chi connectivity index (χ4v) is 9.61. The molecule has 5 unspecified atom stereocenters. The summed E-state index contributed by atoms with van der Waals surface area (Å²) in [5.41, 5.74) is 4.41. The molecule has 0 aliphatic carbocycles. The summed E-state index contributed by atoms with van der Waals surface area (Å²) in [4.78, 5) is 90.6. The van der Waals surface area contributed by atoms with Gasteiger partial charge in [0.05, 0.1) is 5.60 Å². The number of amides is 6. The minimum Gasteiger partial charge on any atom is -0.481 e. The van der Waals surface area contributed by atoms with Crippen LogP contribution in [0.3, 0.4) is 0 Å². The zero-order chi connectivity index (χ0) is 42.4. The van der Waals surface area contributed by atoms with Crippen LogP contribution >= 0.6 is 43.2 Å². The zero-order valence-corrected chi connectivity index (χ0v) is 37.3. The first kappa shape index (κ1) is 50.6. The second-order valence-corrected chi connectivity index (χ2v) is 22.4. The van der Waals surface area contributed by atoms with Crippen molar-refractivity contribution < 1.29 is 43.4 Å². The maximum atomic E-state index is 13.7. The van der Waals surface area contributed by atoms with Gasteiger partial charge in [-0.15, -0.1) is 0 Å². The molecule has 1 heterocycles. The van der Waals surface area contributed by atoms with Crippen molar-refractivity contribution in [2.75, 3.05) is 24.7 Å². The van der Waals surface area contributed by atoms with E-state index in [1.54, 1.807) is 10.8 Å². The number of ether oxygens (including phenoxy) is 1. The third kappa shape index (κ3) is 19.5. The number of carboxylic acids is 1. The van der Waals surface area contributed by atoms with E-state index in [4.69, 9.17) is 15.6 Å². The number of nitrogens with two attached hydrogens (primary N) is 1. The van der Waals surface area contributed by atoms with Crippen molar-refractivity contribution in [2.45, 2.75) is 147 Å². The van der Waals surface area contributed by atoms with Gasteiger partial charge in [-0.2, -0.15) is 0 Å². The number of carbonyl (C=O) groups excluding carboxylic acids is 6. The van der Waals surface area contributed by atoms with Gasteiger partial charge in [0.2, 0.25) is 23.6 Å². The third-order valence-electron chi connectivity index (χ3n) is 8.04. The molecule has 6 amide bonds. The molecule has 1 aliphatic heterocycles. The smallest absolute Gasteiger partial charge is 0.303 e. The van der Waals surface area contributed by atoms with Crippen LogP contribution < -0.4 is 27.0 Å². The lowest BCUT2D eigenvalue weighted by atomic mass is 9.96. The van der Waals surface area contributed by atoms with Crippen LogP contribution in [0.5, 0.6) is 0 Å². The number of carbonyl (C=O) groups is 7. The van der Waals surface area contributed by atoms with Crippen LogP contribution in [0.2, 0.25) is 0 Å². The van der Waals surface area contributed by atoms with Gasteiger partial charge in [-0.05, 0) is 47.0 Å². The molecule has 0 aromatic rings. The van der Waals surface area contributed by atoms with Crippen molar-refractivity contribution in [2.24, 2.45) is 5.73 Å². The van der Waals surface area contributed by atoms with E-state index in [0.29, 0.717) is 19.3 Å². The number of imide groups is 1. The van der Waals surface area contributed by atoms with Crippen LogP contribution in [0.4, 0.5) is 0 Å². The van der Waals surface area contributed by atoms with Crippen molar-refractivity contribution in [1.82, 2.24) is 26.2 Å². The molecular formula is C36H62N6O9S4. The topological polar surface area (TPSA) is 226 Å². The molecule has 19 heteroatoms. The van der Waals surface area contributed by atoms with Crippen molar-refractivity contribution >= 4 is 84.6 Å². The predicted molar refractivity (Wildman–Crippen MR) is 223 cm³/mol. The number of hydrogen-bond acceptors (Lipinski definition) is 13. The van der Waals surface area contributed by atoms with Gasteiger partial charge in [-0.25, -0.2) is 0 Å². The molecule has 5 atom stereocenters. The molecule has 0 aromatic heterocycles. The zero-order valence-electron chi connectivity index (χ0n) is 34.0. The van der Waals surface area contributed by atoms with E-state index < -0.39 is 76.7 Å². The Labute approximate surface area is 341 Å². The van der Waals surface area contributed by atoms with Gasteiger partial charge in [0.25, 0.3) is 11.8 Å². The summed E-state index contributed by atoms with van der Waals surface area (Å²) in [7, 11) is 5.78. The number of rotatable bonds is 24. The molecule has 1 rings (SSSR count). The summed E-state index contributed by atoms with van der Waals surface area (Å²) in [5, 5.41) is 20.1. The highest BCUT2D eigenvalue weighted by molar-refractivity contribution is 8.77. The molecule has 55 heavy (non-hydrogen) atoms. The van der Waals surface area contributed by atoms with Gasteiger partial charge in [-0.3, -0.25) is 38.5 Å². The van der Waals surface area contributed by atoms with Crippen LogP contribution in [0.15, 0.2) is 12.2 Å². The predicted octanol–water partition coefficient (Wildman–Crippen LogP) is 3.41. The van der Waals surface area contributed by atoms with Crippen LogP contribution in [0.1, 0.15) is 102 Å². The summed E-state index contributed by atoms with van der Waals surface area (Å²) >= 11 is 0. The van der Waals surface area contributed by atoms with Gasteiger partial charge in [0, 0.05) is 58.3 Å². The number of nitrogens with zero attached hydrogens (tertiary/aromatic N) is 1. The number of nitrogens with one attached hydrogen (secondary N) is 4. The second kappa shape index (κ2) is 22.5. The van der Waals surface area contributed by atoms with E-state index in [9.17, 15) is 33.6 Å². The Bertz CT molecular complexity index is 1380. The van der Waals surface area contributed by atoms with Gasteiger partial charge < -0.3 is 36.8 Å². The van der Waals surface area contributed by atoms with E-state index in [2.05, 4.69) is 21.3 Å². The van der Waals surface area contributed by atoms with Crippen molar-refractivity contribution in [3.05, 3.63) is 12.2 Å². The molecule has 314 valence electrons. The molecule has 0 spiro atoms. The Hall–Kier alpha value is -2.45. The Balaban J connectivity index is 3.10. The highest BCUT2D eigenvalue weighted by atomic mass is 33.1. The third-order valence-corrected chi connectivity index (χ3v) is 14.7. The molecule has 0 saturated heterocycles. The molecular weight excluding hydrogens is 789 g/mol. The number of hydrogen-bond donors (Lipinski definition) is 6.